The summed E-state index contributed by atoms with van der Waals surface area (Å²) < 4.78 is 5.55. The van der Waals surface area contributed by atoms with Crippen LogP contribution in [0.4, 0.5) is 5.69 Å². The minimum absolute atomic E-state index is 0.0755. The fourth-order valence-electron chi connectivity index (χ4n) is 4.98. The standard InChI is InChI=1S/C21H23BrN2O4/c1-28-16(25)8-11-23-19(26)17-14-6-7-15(21(14)9-10-21)18(17)20(27)24-13-4-2-12(22)3-5-13/h2-7,14-15,17-18H,8-11H2,1H3,(H,23,26)(H,24,27)/t14-,15+,17-,18-/m1/s1. The van der Waals surface area contributed by atoms with Crippen LogP contribution in [-0.2, 0) is 19.1 Å². The van der Waals surface area contributed by atoms with Gasteiger partial charge in [0.2, 0.25) is 11.8 Å². The molecule has 148 valence electrons. The Kier molecular flexibility index (Phi) is 5.04. The zero-order valence-electron chi connectivity index (χ0n) is 15.6. The van der Waals surface area contributed by atoms with Gasteiger partial charge in [0.25, 0.3) is 0 Å². The number of halogens is 1. The fraction of sp³-hybridized carbons (Fsp3) is 0.476. The van der Waals surface area contributed by atoms with Crippen molar-refractivity contribution in [2.75, 3.05) is 19.0 Å². The maximum atomic E-state index is 13.1. The van der Waals surface area contributed by atoms with Gasteiger partial charge in [0.1, 0.15) is 0 Å². The number of amides is 2. The van der Waals surface area contributed by atoms with Gasteiger partial charge in [-0.05, 0) is 54.4 Å². The average Bonchev–Trinajstić information content (AvgIpc) is 3.35. The molecule has 1 spiro atoms. The lowest BCUT2D eigenvalue weighted by atomic mass is 9.81. The molecule has 0 aromatic heterocycles. The minimum Gasteiger partial charge on any atom is -0.469 e. The highest BCUT2D eigenvalue weighted by Crippen LogP contribution is 2.72. The SMILES string of the molecule is COC(=O)CCNC(=O)[C@H]1[C@H](C(=O)Nc2ccc(Br)cc2)[C@@H]2C=C[C@H]1C21CC1. The second-order valence-electron chi connectivity index (χ2n) is 7.83. The molecule has 0 aliphatic heterocycles. The number of carbonyl (C=O) groups excluding carboxylic acids is 3. The third kappa shape index (κ3) is 3.26. The van der Waals surface area contributed by atoms with Crippen molar-refractivity contribution in [3.63, 3.8) is 0 Å². The normalized spacial score (nSPS) is 28.2. The third-order valence-corrected chi connectivity index (χ3v) is 6.94. The smallest absolute Gasteiger partial charge is 0.307 e. The highest BCUT2D eigenvalue weighted by atomic mass is 79.9. The van der Waals surface area contributed by atoms with Crippen molar-refractivity contribution in [1.82, 2.24) is 5.32 Å². The zero-order valence-corrected chi connectivity index (χ0v) is 17.2. The summed E-state index contributed by atoms with van der Waals surface area (Å²) >= 11 is 3.39. The zero-order chi connectivity index (χ0) is 19.9. The third-order valence-electron chi connectivity index (χ3n) is 6.41. The molecule has 0 saturated heterocycles. The Balaban J connectivity index is 1.49. The summed E-state index contributed by atoms with van der Waals surface area (Å²) in [5.41, 5.74) is 0.793. The van der Waals surface area contributed by atoms with E-state index in [0.29, 0.717) is 0 Å². The Morgan fingerprint density at radius 1 is 1.07 bits per heavy atom. The quantitative estimate of drug-likeness (QED) is 0.519. The molecule has 4 atom stereocenters. The number of methoxy groups -OCH3 is 1. The molecule has 1 aromatic rings. The Hall–Kier alpha value is -2.15. The Labute approximate surface area is 172 Å². The second kappa shape index (κ2) is 7.35. The number of rotatable bonds is 6. The first-order valence-electron chi connectivity index (χ1n) is 9.55. The van der Waals surface area contributed by atoms with E-state index < -0.39 is 5.92 Å². The summed E-state index contributed by atoms with van der Waals surface area (Å²) in [6.07, 6.45) is 6.49. The number of esters is 1. The molecule has 0 unspecified atom stereocenters. The second-order valence-corrected chi connectivity index (χ2v) is 8.75. The van der Waals surface area contributed by atoms with Crippen molar-refractivity contribution in [2.24, 2.45) is 29.1 Å². The molecule has 2 N–H and O–H groups in total. The van der Waals surface area contributed by atoms with Gasteiger partial charge in [-0.1, -0.05) is 28.1 Å². The van der Waals surface area contributed by atoms with E-state index in [1.165, 1.54) is 7.11 Å². The van der Waals surface area contributed by atoms with Gasteiger partial charge >= 0.3 is 5.97 Å². The Bertz CT molecular complexity index is 831. The highest BCUT2D eigenvalue weighted by Gasteiger charge is 2.69. The maximum Gasteiger partial charge on any atom is 0.307 e. The predicted molar refractivity (Wildman–Crippen MR) is 107 cm³/mol. The van der Waals surface area contributed by atoms with Crippen LogP contribution in [-0.4, -0.2) is 31.4 Å². The molecule has 2 amide bonds. The average molecular weight is 447 g/mol. The van der Waals surface area contributed by atoms with E-state index in [-0.39, 0.29) is 53.9 Å². The topological polar surface area (TPSA) is 84.5 Å². The first-order chi connectivity index (χ1) is 13.5. The van der Waals surface area contributed by atoms with Crippen molar-refractivity contribution >= 4 is 39.4 Å². The molecule has 2 fully saturated rings. The molecule has 28 heavy (non-hydrogen) atoms. The first kappa shape index (κ1) is 19.2. The lowest BCUT2D eigenvalue weighted by Crippen LogP contribution is -2.42. The largest absolute Gasteiger partial charge is 0.469 e. The van der Waals surface area contributed by atoms with Gasteiger partial charge in [0.05, 0.1) is 25.4 Å². The van der Waals surface area contributed by atoms with Crippen LogP contribution < -0.4 is 10.6 Å². The molecule has 3 aliphatic carbocycles. The summed E-state index contributed by atoms with van der Waals surface area (Å²) in [5, 5.41) is 5.82. The van der Waals surface area contributed by atoms with Crippen molar-refractivity contribution in [3.05, 3.63) is 40.9 Å². The molecule has 0 heterocycles. The molecule has 0 radical (unpaired) electrons. The van der Waals surface area contributed by atoms with Gasteiger partial charge in [-0.25, -0.2) is 0 Å². The van der Waals surface area contributed by atoms with Crippen LogP contribution in [0, 0.1) is 29.1 Å². The number of benzene rings is 1. The monoisotopic (exact) mass is 446 g/mol. The van der Waals surface area contributed by atoms with Crippen LogP contribution in [0.2, 0.25) is 0 Å². The molecule has 2 bridgehead atoms. The molecular formula is C21H23BrN2O4. The minimum atomic E-state index is -0.398. The lowest BCUT2D eigenvalue weighted by Gasteiger charge is -2.26. The molecule has 7 heteroatoms. The maximum absolute atomic E-state index is 13.1. The van der Waals surface area contributed by atoms with E-state index in [1.807, 2.05) is 24.3 Å². The van der Waals surface area contributed by atoms with E-state index in [9.17, 15) is 14.4 Å². The van der Waals surface area contributed by atoms with Gasteiger partial charge in [0.15, 0.2) is 0 Å². The number of hydrogen-bond acceptors (Lipinski definition) is 4. The van der Waals surface area contributed by atoms with Gasteiger partial charge < -0.3 is 15.4 Å². The van der Waals surface area contributed by atoms with Crippen molar-refractivity contribution in [2.45, 2.75) is 19.3 Å². The predicted octanol–water partition coefficient (Wildman–Crippen LogP) is 2.90. The number of nitrogens with one attached hydrogen (secondary N) is 2. The summed E-state index contributed by atoms with van der Waals surface area (Å²) in [7, 11) is 1.32. The molecular weight excluding hydrogens is 424 g/mol. The number of anilines is 1. The molecule has 4 rings (SSSR count). The van der Waals surface area contributed by atoms with Crippen LogP contribution >= 0.6 is 15.9 Å². The Morgan fingerprint density at radius 3 is 2.25 bits per heavy atom. The van der Waals surface area contributed by atoms with Crippen LogP contribution in [0.1, 0.15) is 19.3 Å². The van der Waals surface area contributed by atoms with Crippen LogP contribution in [0.5, 0.6) is 0 Å². The van der Waals surface area contributed by atoms with Crippen LogP contribution in [0.25, 0.3) is 0 Å². The van der Waals surface area contributed by atoms with Gasteiger partial charge in [-0.2, -0.15) is 0 Å². The fourth-order valence-corrected chi connectivity index (χ4v) is 5.24. The van der Waals surface area contributed by atoms with Gasteiger partial charge in [-0.3, -0.25) is 14.4 Å². The molecule has 1 aromatic carbocycles. The van der Waals surface area contributed by atoms with Crippen LogP contribution in [0.15, 0.2) is 40.9 Å². The van der Waals surface area contributed by atoms with E-state index in [0.717, 1.165) is 23.0 Å². The number of allylic oxidation sites excluding steroid dienone is 2. The number of hydrogen-bond donors (Lipinski definition) is 2. The molecule has 3 aliphatic rings. The number of ether oxygens (including phenoxy) is 1. The lowest BCUT2D eigenvalue weighted by molar-refractivity contribution is -0.140. The summed E-state index contributed by atoms with van der Waals surface area (Å²) in [5.74, 6) is -1.22. The highest BCUT2D eigenvalue weighted by molar-refractivity contribution is 9.10. The number of carbonyl (C=O) groups is 3. The van der Waals surface area contributed by atoms with Crippen molar-refractivity contribution in [1.29, 1.82) is 0 Å². The van der Waals surface area contributed by atoms with E-state index >= 15 is 0 Å². The van der Waals surface area contributed by atoms with E-state index in [1.54, 1.807) is 0 Å². The first-order valence-corrected chi connectivity index (χ1v) is 10.3. The summed E-state index contributed by atoms with van der Waals surface area (Å²) in [6, 6.07) is 7.41. The van der Waals surface area contributed by atoms with Crippen LogP contribution in [0.3, 0.4) is 0 Å². The van der Waals surface area contributed by atoms with E-state index in [4.69, 9.17) is 0 Å². The van der Waals surface area contributed by atoms with Gasteiger partial charge in [-0.15, -0.1) is 0 Å². The van der Waals surface area contributed by atoms with Crippen molar-refractivity contribution < 1.29 is 19.1 Å². The van der Waals surface area contributed by atoms with Gasteiger partial charge in [0, 0.05) is 16.7 Å². The summed E-state index contributed by atoms with van der Waals surface area (Å²) in [4.78, 5) is 37.4. The summed E-state index contributed by atoms with van der Waals surface area (Å²) in [6.45, 7) is 0.219. The molecule has 6 nitrogen and oxygen atoms in total. The van der Waals surface area contributed by atoms with Crippen molar-refractivity contribution in [3.8, 4) is 0 Å². The van der Waals surface area contributed by atoms with E-state index in [2.05, 4.69) is 43.5 Å². The Morgan fingerprint density at radius 2 is 1.68 bits per heavy atom. The molecule has 2 saturated carbocycles.